The Morgan fingerprint density at radius 1 is 1.03 bits per heavy atom. The van der Waals surface area contributed by atoms with Crippen molar-refractivity contribution in [1.29, 1.82) is 0 Å². The zero-order valence-corrected chi connectivity index (χ0v) is 17.7. The summed E-state index contributed by atoms with van der Waals surface area (Å²) in [7, 11) is 1.60. The number of aromatic hydroxyl groups is 1. The zero-order valence-electron chi connectivity index (χ0n) is 17.7. The molecule has 0 spiro atoms. The highest BCUT2D eigenvalue weighted by molar-refractivity contribution is 6.02. The van der Waals surface area contributed by atoms with E-state index in [1.54, 1.807) is 19.4 Å². The molecule has 0 amide bonds. The summed E-state index contributed by atoms with van der Waals surface area (Å²) in [6, 6.07) is 18.5. The number of aryl methyl sites for hydroxylation is 2. The smallest absolute Gasteiger partial charge is 0.261 e. The molecule has 0 saturated heterocycles. The largest absolute Gasteiger partial charge is 0.497 e. The van der Waals surface area contributed by atoms with Gasteiger partial charge in [0.1, 0.15) is 5.75 Å². The number of rotatable bonds is 5. The number of pyridine rings is 2. The fourth-order valence-electron chi connectivity index (χ4n) is 3.47. The molecule has 0 saturated carbocycles. The van der Waals surface area contributed by atoms with E-state index in [4.69, 9.17) is 4.74 Å². The van der Waals surface area contributed by atoms with Crippen molar-refractivity contribution in [1.82, 2.24) is 9.55 Å². The lowest BCUT2D eigenvalue weighted by molar-refractivity contribution is 0.412. The van der Waals surface area contributed by atoms with Crippen LogP contribution in [0.1, 0.15) is 22.4 Å². The van der Waals surface area contributed by atoms with E-state index in [0.717, 1.165) is 22.6 Å². The molecule has 0 fully saturated rings. The van der Waals surface area contributed by atoms with Crippen LogP contribution in [-0.2, 0) is 6.54 Å². The lowest BCUT2D eigenvalue weighted by Gasteiger charge is -2.14. The van der Waals surface area contributed by atoms with Crippen LogP contribution in [0.4, 0.5) is 5.82 Å². The minimum absolute atomic E-state index is 0.131. The standard InChI is InChI=1S/C25H23N3O3/c1-16-8-9-17(2)27-23(16)26-14-22-20-6-4-5-7-21(20)24(29)28(25(22)30)15-18-10-12-19(31-3)13-11-18/h4-14,30H,15H2,1-3H3/b26-14+. The van der Waals surface area contributed by atoms with Gasteiger partial charge >= 0.3 is 0 Å². The predicted molar refractivity (Wildman–Crippen MR) is 123 cm³/mol. The highest BCUT2D eigenvalue weighted by Crippen LogP contribution is 2.25. The number of aliphatic imine (C=N–C) groups is 1. The fourth-order valence-corrected chi connectivity index (χ4v) is 3.47. The molecule has 0 unspecified atom stereocenters. The molecular formula is C25H23N3O3. The number of hydrogen-bond donors (Lipinski definition) is 1. The lowest BCUT2D eigenvalue weighted by Crippen LogP contribution is -2.22. The number of nitrogens with zero attached hydrogens (tertiary/aromatic N) is 3. The molecule has 0 radical (unpaired) electrons. The van der Waals surface area contributed by atoms with Gasteiger partial charge in [0, 0.05) is 22.7 Å². The molecule has 156 valence electrons. The van der Waals surface area contributed by atoms with Crippen molar-refractivity contribution in [2.75, 3.05) is 7.11 Å². The summed E-state index contributed by atoms with van der Waals surface area (Å²) >= 11 is 0. The van der Waals surface area contributed by atoms with Crippen LogP contribution in [0.3, 0.4) is 0 Å². The molecule has 4 aromatic rings. The first-order valence-corrected chi connectivity index (χ1v) is 9.93. The number of hydrogen-bond acceptors (Lipinski definition) is 5. The van der Waals surface area contributed by atoms with Gasteiger partial charge in [-0.3, -0.25) is 9.36 Å². The molecule has 31 heavy (non-hydrogen) atoms. The maximum atomic E-state index is 13.1. The van der Waals surface area contributed by atoms with Gasteiger partial charge in [-0.15, -0.1) is 0 Å². The Hall–Kier alpha value is -3.93. The molecule has 0 atom stereocenters. The first-order chi connectivity index (χ1) is 15.0. The van der Waals surface area contributed by atoms with Gasteiger partial charge in [0.2, 0.25) is 5.88 Å². The van der Waals surface area contributed by atoms with Gasteiger partial charge in [-0.1, -0.05) is 36.4 Å². The third kappa shape index (κ3) is 4.05. The van der Waals surface area contributed by atoms with Crippen LogP contribution in [0, 0.1) is 13.8 Å². The number of benzene rings is 2. The van der Waals surface area contributed by atoms with Gasteiger partial charge in [0.05, 0.1) is 19.2 Å². The quantitative estimate of drug-likeness (QED) is 0.488. The molecular weight excluding hydrogens is 390 g/mol. The van der Waals surface area contributed by atoms with Crippen molar-refractivity contribution < 1.29 is 9.84 Å². The van der Waals surface area contributed by atoms with Crippen molar-refractivity contribution in [3.8, 4) is 11.6 Å². The van der Waals surface area contributed by atoms with Gasteiger partial charge in [-0.25, -0.2) is 9.98 Å². The monoisotopic (exact) mass is 413 g/mol. The maximum absolute atomic E-state index is 13.1. The van der Waals surface area contributed by atoms with E-state index in [9.17, 15) is 9.90 Å². The van der Waals surface area contributed by atoms with Gasteiger partial charge in [-0.05, 0) is 49.2 Å². The summed E-state index contributed by atoms with van der Waals surface area (Å²) in [6.45, 7) is 4.06. The average molecular weight is 413 g/mol. The highest BCUT2D eigenvalue weighted by atomic mass is 16.5. The molecule has 6 nitrogen and oxygen atoms in total. The predicted octanol–water partition coefficient (Wildman–Crippen LogP) is 4.53. The van der Waals surface area contributed by atoms with Gasteiger partial charge in [-0.2, -0.15) is 0 Å². The minimum Gasteiger partial charge on any atom is -0.497 e. The van der Waals surface area contributed by atoms with E-state index in [1.165, 1.54) is 4.57 Å². The Morgan fingerprint density at radius 2 is 1.74 bits per heavy atom. The van der Waals surface area contributed by atoms with Crippen LogP contribution in [0.5, 0.6) is 11.6 Å². The second-order valence-corrected chi connectivity index (χ2v) is 7.37. The number of aromatic nitrogens is 2. The molecule has 2 aromatic heterocycles. The topological polar surface area (TPSA) is 76.7 Å². The van der Waals surface area contributed by atoms with Crippen molar-refractivity contribution in [2.45, 2.75) is 20.4 Å². The number of fused-ring (bicyclic) bond motifs is 1. The maximum Gasteiger partial charge on any atom is 0.261 e. The van der Waals surface area contributed by atoms with E-state index >= 15 is 0 Å². The molecule has 4 rings (SSSR count). The van der Waals surface area contributed by atoms with Crippen LogP contribution in [0.15, 0.2) is 70.5 Å². The highest BCUT2D eigenvalue weighted by Gasteiger charge is 2.15. The van der Waals surface area contributed by atoms with Crippen LogP contribution in [0.25, 0.3) is 10.8 Å². The van der Waals surface area contributed by atoms with Crippen LogP contribution in [-0.4, -0.2) is 28.0 Å². The average Bonchev–Trinajstić information content (AvgIpc) is 2.79. The third-order valence-electron chi connectivity index (χ3n) is 5.21. The lowest BCUT2D eigenvalue weighted by atomic mass is 10.1. The molecule has 0 bridgehead atoms. The third-order valence-corrected chi connectivity index (χ3v) is 5.21. The van der Waals surface area contributed by atoms with Gasteiger partial charge < -0.3 is 9.84 Å². The molecule has 0 aliphatic carbocycles. The van der Waals surface area contributed by atoms with Crippen LogP contribution < -0.4 is 10.3 Å². The van der Waals surface area contributed by atoms with E-state index in [-0.39, 0.29) is 18.0 Å². The second kappa shape index (κ2) is 8.44. The van der Waals surface area contributed by atoms with Crippen molar-refractivity contribution >= 4 is 22.8 Å². The summed E-state index contributed by atoms with van der Waals surface area (Å²) in [5, 5.41) is 12.2. The van der Waals surface area contributed by atoms with E-state index < -0.39 is 0 Å². The summed E-state index contributed by atoms with van der Waals surface area (Å²) < 4.78 is 6.56. The molecule has 1 N–H and O–H groups in total. The minimum atomic E-state index is -0.258. The molecule has 2 heterocycles. The van der Waals surface area contributed by atoms with Crippen molar-refractivity contribution in [3.05, 3.63) is 93.4 Å². The van der Waals surface area contributed by atoms with E-state index in [0.29, 0.717) is 22.2 Å². The van der Waals surface area contributed by atoms with Crippen LogP contribution >= 0.6 is 0 Å². The number of methoxy groups -OCH3 is 1. The number of ether oxygens (including phenoxy) is 1. The summed E-state index contributed by atoms with van der Waals surface area (Å²) in [4.78, 5) is 22.1. The normalized spacial score (nSPS) is 11.3. The summed E-state index contributed by atoms with van der Waals surface area (Å²) in [5.41, 5.74) is 2.87. The molecule has 0 aliphatic heterocycles. The Morgan fingerprint density at radius 3 is 2.45 bits per heavy atom. The fraction of sp³-hybridized carbons (Fsp3) is 0.160. The first kappa shape index (κ1) is 20.3. The zero-order chi connectivity index (χ0) is 22.0. The summed E-state index contributed by atoms with van der Waals surface area (Å²) in [5.74, 6) is 1.18. The molecule has 2 aromatic carbocycles. The molecule has 0 aliphatic rings. The van der Waals surface area contributed by atoms with Gasteiger partial charge in [0.15, 0.2) is 5.82 Å². The second-order valence-electron chi connectivity index (χ2n) is 7.37. The Kier molecular flexibility index (Phi) is 5.54. The Balaban J connectivity index is 1.85. The van der Waals surface area contributed by atoms with Crippen molar-refractivity contribution in [2.24, 2.45) is 4.99 Å². The Bertz CT molecular complexity index is 1340. The van der Waals surface area contributed by atoms with Crippen LogP contribution in [0.2, 0.25) is 0 Å². The van der Waals surface area contributed by atoms with E-state index in [2.05, 4.69) is 9.98 Å². The van der Waals surface area contributed by atoms with Crippen molar-refractivity contribution in [3.63, 3.8) is 0 Å². The van der Waals surface area contributed by atoms with Gasteiger partial charge in [0.25, 0.3) is 5.56 Å². The SMILES string of the molecule is COc1ccc(Cn2c(O)c(/C=N/c3nc(C)ccc3C)c3ccccc3c2=O)cc1. The first-order valence-electron chi connectivity index (χ1n) is 9.93. The molecule has 6 heteroatoms. The Labute approximate surface area is 180 Å². The summed E-state index contributed by atoms with van der Waals surface area (Å²) in [6.07, 6.45) is 1.58. The van der Waals surface area contributed by atoms with E-state index in [1.807, 2.05) is 68.4 Å².